The van der Waals surface area contributed by atoms with Gasteiger partial charge in [-0.05, 0) is 67.4 Å². The second-order valence-electron chi connectivity index (χ2n) is 8.42. The number of aryl methyl sites for hydroxylation is 2. The first-order chi connectivity index (χ1) is 17.5. The number of hydrogen-bond donors (Lipinski definition) is 1. The van der Waals surface area contributed by atoms with Crippen molar-refractivity contribution in [2.75, 3.05) is 11.1 Å². The van der Waals surface area contributed by atoms with Gasteiger partial charge in [0.15, 0.2) is 11.0 Å². The normalized spacial score (nSPS) is 11.1. The number of nitrogens with one attached hydrogen (secondary N) is 1. The van der Waals surface area contributed by atoms with E-state index in [9.17, 15) is 4.79 Å². The van der Waals surface area contributed by atoms with Crippen molar-refractivity contribution in [3.63, 3.8) is 0 Å². The van der Waals surface area contributed by atoms with Crippen molar-refractivity contribution >= 4 is 44.9 Å². The number of carbonyl (C=O) groups excluding carboxylic acids is 1. The molecule has 0 aliphatic carbocycles. The smallest absolute Gasteiger partial charge is 0.234 e. The Balaban J connectivity index is 1.15. The van der Waals surface area contributed by atoms with Gasteiger partial charge in [-0.3, -0.25) is 4.79 Å². The van der Waals surface area contributed by atoms with Crippen molar-refractivity contribution in [3.05, 3.63) is 83.7 Å². The minimum Gasteiger partial charge on any atom is -0.485 e. The van der Waals surface area contributed by atoms with Gasteiger partial charge < -0.3 is 14.6 Å². The lowest BCUT2D eigenvalue weighted by atomic mass is 10.2. The molecule has 0 aliphatic rings. The summed E-state index contributed by atoms with van der Waals surface area (Å²) in [5.74, 6) is 1.63. The van der Waals surface area contributed by atoms with E-state index in [2.05, 4.69) is 34.6 Å². The molecule has 1 amide bonds. The highest BCUT2D eigenvalue weighted by atomic mass is 32.2. The molecule has 5 rings (SSSR count). The zero-order chi connectivity index (χ0) is 25.1. The molecule has 0 unspecified atom stereocenters. The molecule has 0 spiro atoms. The summed E-state index contributed by atoms with van der Waals surface area (Å²) in [7, 11) is 1.87. The molecule has 2 aromatic heterocycles. The molecule has 9 heteroatoms. The van der Waals surface area contributed by atoms with Crippen molar-refractivity contribution < 1.29 is 9.53 Å². The summed E-state index contributed by atoms with van der Waals surface area (Å²) >= 11 is 3.01. The predicted octanol–water partition coefficient (Wildman–Crippen LogP) is 6.02. The number of hydrogen-bond acceptors (Lipinski definition) is 7. The number of para-hydroxylation sites is 1. The number of thiazole rings is 1. The molecule has 2 heterocycles. The second-order valence-corrected chi connectivity index (χ2v) is 10.4. The van der Waals surface area contributed by atoms with Crippen LogP contribution >= 0.6 is 23.1 Å². The fourth-order valence-corrected chi connectivity index (χ4v) is 5.43. The van der Waals surface area contributed by atoms with Crippen LogP contribution in [0.25, 0.3) is 20.8 Å². The van der Waals surface area contributed by atoms with Gasteiger partial charge in [0.05, 0.1) is 16.0 Å². The standard InChI is InChI=1S/C27H25N5O2S2/c1-17-8-13-21-23(14-17)36-26(29-21)19-9-11-20(12-10-19)28-25(33)16-35-27-31-30-24(32(27)3)15-34-22-7-5-4-6-18(22)2/h4-14H,15-16H2,1-3H3,(H,28,33). The predicted molar refractivity (Wildman–Crippen MR) is 146 cm³/mol. The van der Waals surface area contributed by atoms with E-state index in [-0.39, 0.29) is 11.7 Å². The lowest BCUT2D eigenvalue weighted by Gasteiger charge is -2.09. The molecular formula is C27H25N5O2S2. The zero-order valence-electron chi connectivity index (χ0n) is 20.2. The summed E-state index contributed by atoms with van der Waals surface area (Å²) in [6.45, 7) is 4.39. The second kappa shape index (κ2) is 10.5. The van der Waals surface area contributed by atoms with Crippen molar-refractivity contribution in [1.29, 1.82) is 0 Å². The molecule has 5 aromatic rings. The Morgan fingerprint density at radius 1 is 1.06 bits per heavy atom. The summed E-state index contributed by atoms with van der Waals surface area (Å²) in [5.41, 5.74) is 5.06. The van der Waals surface area contributed by atoms with Crippen LogP contribution < -0.4 is 10.1 Å². The first kappa shape index (κ1) is 24.0. The average molecular weight is 516 g/mol. The van der Waals surface area contributed by atoms with Crippen LogP contribution in [-0.4, -0.2) is 31.4 Å². The number of aromatic nitrogens is 4. The number of thioether (sulfide) groups is 1. The Hall–Kier alpha value is -3.69. The van der Waals surface area contributed by atoms with Gasteiger partial charge in [0.2, 0.25) is 5.91 Å². The van der Waals surface area contributed by atoms with Crippen LogP contribution in [0, 0.1) is 13.8 Å². The first-order valence-corrected chi connectivity index (χ1v) is 13.2. The maximum absolute atomic E-state index is 12.5. The third-order valence-electron chi connectivity index (χ3n) is 5.67. The van der Waals surface area contributed by atoms with Crippen LogP contribution in [0.5, 0.6) is 5.75 Å². The van der Waals surface area contributed by atoms with Crippen LogP contribution in [0.1, 0.15) is 17.0 Å². The number of rotatable bonds is 8. The first-order valence-electron chi connectivity index (χ1n) is 11.4. The van der Waals surface area contributed by atoms with E-state index in [0.29, 0.717) is 17.6 Å². The van der Waals surface area contributed by atoms with E-state index in [0.717, 1.165) is 33.1 Å². The Morgan fingerprint density at radius 2 is 1.86 bits per heavy atom. The van der Waals surface area contributed by atoms with Crippen LogP contribution in [0.3, 0.4) is 0 Å². The van der Waals surface area contributed by atoms with E-state index in [1.165, 1.54) is 22.0 Å². The van der Waals surface area contributed by atoms with Gasteiger partial charge in [0.1, 0.15) is 17.4 Å². The van der Waals surface area contributed by atoms with Crippen LogP contribution in [0.15, 0.2) is 71.9 Å². The molecule has 36 heavy (non-hydrogen) atoms. The van der Waals surface area contributed by atoms with Gasteiger partial charge in [0, 0.05) is 18.3 Å². The summed E-state index contributed by atoms with van der Waals surface area (Å²) in [4.78, 5) is 17.3. The van der Waals surface area contributed by atoms with Crippen molar-refractivity contribution in [3.8, 4) is 16.3 Å². The number of fused-ring (bicyclic) bond motifs is 1. The largest absolute Gasteiger partial charge is 0.485 e. The van der Waals surface area contributed by atoms with Gasteiger partial charge in [-0.1, -0.05) is 36.0 Å². The molecule has 0 atom stereocenters. The van der Waals surface area contributed by atoms with Gasteiger partial charge in [0.25, 0.3) is 0 Å². The molecule has 0 bridgehead atoms. The Morgan fingerprint density at radius 3 is 2.67 bits per heavy atom. The molecule has 7 nitrogen and oxygen atoms in total. The minimum absolute atomic E-state index is 0.107. The zero-order valence-corrected chi connectivity index (χ0v) is 21.8. The lowest BCUT2D eigenvalue weighted by molar-refractivity contribution is -0.113. The molecule has 0 saturated carbocycles. The van der Waals surface area contributed by atoms with Crippen LogP contribution in [-0.2, 0) is 18.4 Å². The van der Waals surface area contributed by atoms with E-state index in [1.807, 2.05) is 73.1 Å². The molecule has 0 radical (unpaired) electrons. The number of amides is 1. The fraction of sp³-hybridized carbons (Fsp3) is 0.185. The molecule has 1 N–H and O–H groups in total. The maximum atomic E-state index is 12.5. The van der Waals surface area contributed by atoms with Crippen molar-refractivity contribution in [2.24, 2.45) is 7.05 Å². The van der Waals surface area contributed by atoms with Gasteiger partial charge in [-0.25, -0.2) is 4.98 Å². The molecular weight excluding hydrogens is 490 g/mol. The molecule has 0 aliphatic heterocycles. The Labute approximate surface area is 217 Å². The number of nitrogens with zero attached hydrogens (tertiary/aromatic N) is 4. The number of ether oxygens (including phenoxy) is 1. The highest BCUT2D eigenvalue weighted by Crippen LogP contribution is 2.31. The molecule has 3 aromatic carbocycles. The SMILES string of the molecule is Cc1ccc2nc(-c3ccc(NC(=O)CSc4nnc(COc5ccccc5C)n4C)cc3)sc2c1. The summed E-state index contributed by atoms with van der Waals surface area (Å²) in [6, 6.07) is 21.9. The lowest BCUT2D eigenvalue weighted by Crippen LogP contribution is -2.14. The highest BCUT2D eigenvalue weighted by molar-refractivity contribution is 7.99. The summed E-state index contributed by atoms with van der Waals surface area (Å²) in [5, 5.41) is 13.0. The van der Waals surface area contributed by atoms with Gasteiger partial charge in [-0.15, -0.1) is 21.5 Å². The summed E-state index contributed by atoms with van der Waals surface area (Å²) in [6.07, 6.45) is 0. The quantitative estimate of drug-likeness (QED) is 0.255. The molecule has 0 fully saturated rings. The number of anilines is 1. The molecule has 0 saturated heterocycles. The number of benzene rings is 3. The van der Waals surface area contributed by atoms with E-state index < -0.39 is 0 Å². The Kier molecular flexibility index (Phi) is 7.02. The topological polar surface area (TPSA) is 81.9 Å². The van der Waals surface area contributed by atoms with Crippen LogP contribution in [0.2, 0.25) is 0 Å². The van der Waals surface area contributed by atoms with Crippen molar-refractivity contribution in [2.45, 2.75) is 25.6 Å². The van der Waals surface area contributed by atoms with Gasteiger partial charge in [-0.2, -0.15) is 0 Å². The molecule has 182 valence electrons. The van der Waals surface area contributed by atoms with E-state index in [4.69, 9.17) is 9.72 Å². The summed E-state index contributed by atoms with van der Waals surface area (Å²) < 4.78 is 8.90. The third kappa shape index (κ3) is 5.42. The number of carbonyl (C=O) groups is 1. The monoisotopic (exact) mass is 515 g/mol. The highest BCUT2D eigenvalue weighted by Gasteiger charge is 2.13. The average Bonchev–Trinajstić information content (AvgIpc) is 3.45. The Bertz CT molecular complexity index is 1530. The van der Waals surface area contributed by atoms with Crippen LogP contribution in [0.4, 0.5) is 5.69 Å². The third-order valence-corrected chi connectivity index (χ3v) is 7.75. The van der Waals surface area contributed by atoms with E-state index in [1.54, 1.807) is 11.3 Å². The minimum atomic E-state index is -0.107. The van der Waals surface area contributed by atoms with Crippen molar-refractivity contribution in [1.82, 2.24) is 19.7 Å². The van der Waals surface area contributed by atoms with Gasteiger partial charge >= 0.3 is 0 Å². The van der Waals surface area contributed by atoms with E-state index >= 15 is 0 Å². The maximum Gasteiger partial charge on any atom is 0.234 e. The fourth-order valence-electron chi connectivity index (χ4n) is 3.64.